The summed E-state index contributed by atoms with van der Waals surface area (Å²) in [6.45, 7) is 2.06. The molecular weight excluding hydrogens is 398 g/mol. The molecule has 1 fully saturated rings. The van der Waals surface area contributed by atoms with Crippen molar-refractivity contribution in [1.82, 2.24) is 30.7 Å². The van der Waals surface area contributed by atoms with Crippen molar-refractivity contribution in [2.45, 2.75) is 19.3 Å². The Bertz CT molecular complexity index is 1220. The standard InChI is InChI=1S/C23H22F2N6/c24-17-4-1-14(2-5-17)3-6-20-18-12-16(13-19(25)22(18)30-28-20)23-27-21(29-31-23)11-15-7-9-26-10-8-15/h1-6,12-13,15,26H,7-11H2,(H,28,30)(H,27,29,31). The average molecular weight is 420 g/mol. The van der Waals surface area contributed by atoms with Gasteiger partial charge in [0.25, 0.3) is 0 Å². The van der Waals surface area contributed by atoms with Gasteiger partial charge < -0.3 is 10.3 Å². The number of benzene rings is 2. The van der Waals surface area contributed by atoms with Gasteiger partial charge in [0.15, 0.2) is 5.82 Å². The van der Waals surface area contributed by atoms with E-state index >= 15 is 0 Å². The maximum Gasteiger partial charge on any atom is 0.161 e. The zero-order valence-corrected chi connectivity index (χ0v) is 16.8. The van der Waals surface area contributed by atoms with Gasteiger partial charge in [0.2, 0.25) is 0 Å². The number of nitrogens with one attached hydrogen (secondary N) is 3. The molecule has 4 aromatic rings. The van der Waals surface area contributed by atoms with Crippen molar-refractivity contribution in [2.75, 3.05) is 13.1 Å². The average Bonchev–Trinajstić information content (AvgIpc) is 3.41. The SMILES string of the molecule is Fc1ccc(C=Cc2n[nH]c3c(F)cc(-c4nnc(CC5CCNCC5)[nH]4)cc23)cc1. The lowest BCUT2D eigenvalue weighted by atomic mass is 9.94. The van der Waals surface area contributed by atoms with Crippen LogP contribution in [-0.2, 0) is 6.42 Å². The van der Waals surface area contributed by atoms with Crippen molar-refractivity contribution in [3.05, 3.63) is 65.1 Å². The molecule has 0 radical (unpaired) electrons. The Morgan fingerprint density at radius 3 is 2.61 bits per heavy atom. The Morgan fingerprint density at radius 1 is 1.00 bits per heavy atom. The van der Waals surface area contributed by atoms with Crippen LogP contribution >= 0.6 is 0 Å². The molecule has 1 saturated heterocycles. The lowest BCUT2D eigenvalue weighted by molar-refractivity contribution is 0.367. The minimum atomic E-state index is -0.405. The van der Waals surface area contributed by atoms with Crippen LogP contribution in [0.1, 0.15) is 29.9 Å². The molecule has 5 rings (SSSR count). The van der Waals surface area contributed by atoms with E-state index in [0.29, 0.717) is 33.9 Å². The van der Waals surface area contributed by atoms with Crippen LogP contribution in [-0.4, -0.2) is 38.5 Å². The number of fused-ring (bicyclic) bond motifs is 1. The quantitative estimate of drug-likeness (QED) is 0.449. The highest BCUT2D eigenvalue weighted by atomic mass is 19.1. The van der Waals surface area contributed by atoms with E-state index in [4.69, 9.17) is 0 Å². The van der Waals surface area contributed by atoms with Crippen molar-refractivity contribution >= 4 is 23.1 Å². The second kappa shape index (κ2) is 8.39. The summed E-state index contributed by atoms with van der Waals surface area (Å²) in [5.74, 6) is 1.25. The zero-order valence-electron chi connectivity index (χ0n) is 16.8. The molecule has 0 unspecified atom stereocenters. The van der Waals surface area contributed by atoms with E-state index in [0.717, 1.165) is 43.7 Å². The van der Waals surface area contributed by atoms with Gasteiger partial charge >= 0.3 is 0 Å². The summed E-state index contributed by atoms with van der Waals surface area (Å²) in [7, 11) is 0. The summed E-state index contributed by atoms with van der Waals surface area (Å²) >= 11 is 0. The van der Waals surface area contributed by atoms with E-state index in [2.05, 4.69) is 30.7 Å². The third-order valence-corrected chi connectivity index (χ3v) is 5.71. The van der Waals surface area contributed by atoms with Crippen LogP contribution in [0.3, 0.4) is 0 Å². The molecule has 0 bridgehead atoms. The Labute approximate surface area is 177 Å². The number of hydrogen-bond acceptors (Lipinski definition) is 4. The predicted molar refractivity (Wildman–Crippen MR) is 116 cm³/mol. The third kappa shape index (κ3) is 4.25. The maximum absolute atomic E-state index is 14.7. The maximum atomic E-state index is 14.7. The van der Waals surface area contributed by atoms with Crippen LogP contribution in [0.4, 0.5) is 8.78 Å². The van der Waals surface area contributed by atoms with Gasteiger partial charge in [-0.05, 0) is 67.8 Å². The number of piperidine rings is 1. The van der Waals surface area contributed by atoms with Crippen LogP contribution in [0.15, 0.2) is 36.4 Å². The van der Waals surface area contributed by atoms with Gasteiger partial charge in [-0.2, -0.15) is 5.10 Å². The summed E-state index contributed by atoms with van der Waals surface area (Å²) in [5.41, 5.74) is 2.37. The minimum Gasteiger partial charge on any atom is -0.325 e. The minimum absolute atomic E-state index is 0.291. The fourth-order valence-electron chi connectivity index (χ4n) is 3.99. The first-order valence-corrected chi connectivity index (χ1v) is 10.4. The highest BCUT2D eigenvalue weighted by Gasteiger charge is 2.17. The molecular formula is C23H22F2N6. The largest absolute Gasteiger partial charge is 0.325 e. The van der Waals surface area contributed by atoms with Gasteiger partial charge in [-0.1, -0.05) is 18.2 Å². The molecule has 31 heavy (non-hydrogen) atoms. The number of H-pyrrole nitrogens is 2. The van der Waals surface area contributed by atoms with Crippen molar-refractivity contribution < 1.29 is 8.78 Å². The van der Waals surface area contributed by atoms with Gasteiger partial charge in [-0.25, -0.2) is 8.78 Å². The number of rotatable bonds is 5. The lowest BCUT2D eigenvalue weighted by Crippen LogP contribution is -2.28. The number of hydrogen-bond donors (Lipinski definition) is 3. The summed E-state index contributed by atoms with van der Waals surface area (Å²) in [6, 6.07) is 9.41. The molecule has 0 atom stereocenters. The fourth-order valence-corrected chi connectivity index (χ4v) is 3.99. The Balaban J connectivity index is 1.42. The van der Waals surface area contributed by atoms with Crippen LogP contribution in [0.5, 0.6) is 0 Å². The van der Waals surface area contributed by atoms with E-state index in [1.54, 1.807) is 18.2 Å². The lowest BCUT2D eigenvalue weighted by Gasteiger charge is -2.21. The number of aromatic nitrogens is 5. The van der Waals surface area contributed by atoms with Gasteiger partial charge in [-0.3, -0.25) is 5.10 Å². The van der Waals surface area contributed by atoms with Crippen LogP contribution in [0.2, 0.25) is 0 Å². The second-order valence-electron chi connectivity index (χ2n) is 7.89. The van der Waals surface area contributed by atoms with Crippen LogP contribution in [0.25, 0.3) is 34.4 Å². The van der Waals surface area contributed by atoms with E-state index in [1.807, 2.05) is 12.1 Å². The molecule has 158 valence electrons. The summed E-state index contributed by atoms with van der Waals surface area (Å²) in [4.78, 5) is 3.25. The molecule has 1 aliphatic heterocycles. The molecule has 3 heterocycles. The van der Waals surface area contributed by atoms with Crippen molar-refractivity contribution in [3.8, 4) is 11.4 Å². The van der Waals surface area contributed by atoms with Crippen LogP contribution < -0.4 is 5.32 Å². The molecule has 8 heteroatoms. The summed E-state index contributed by atoms with van der Waals surface area (Å²) < 4.78 is 27.8. The molecule has 0 spiro atoms. The fraction of sp³-hybridized carbons (Fsp3) is 0.261. The topological polar surface area (TPSA) is 82.3 Å². The van der Waals surface area contributed by atoms with Gasteiger partial charge in [0.05, 0.1) is 5.69 Å². The highest BCUT2D eigenvalue weighted by molar-refractivity contribution is 5.92. The van der Waals surface area contributed by atoms with E-state index in [9.17, 15) is 8.78 Å². The first kappa shape index (κ1) is 19.6. The van der Waals surface area contributed by atoms with E-state index < -0.39 is 5.82 Å². The van der Waals surface area contributed by atoms with Crippen LogP contribution in [0, 0.1) is 17.6 Å². The zero-order chi connectivity index (χ0) is 21.2. The van der Waals surface area contributed by atoms with E-state index in [-0.39, 0.29) is 5.82 Å². The Morgan fingerprint density at radius 2 is 1.81 bits per heavy atom. The number of aromatic amines is 2. The monoisotopic (exact) mass is 420 g/mol. The normalized spacial score (nSPS) is 15.3. The first-order chi connectivity index (χ1) is 15.2. The molecule has 2 aromatic carbocycles. The third-order valence-electron chi connectivity index (χ3n) is 5.71. The molecule has 0 aliphatic carbocycles. The van der Waals surface area contributed by atoms with Crippen molar-refractivity contribution in [2.24, 2.45) is 5.92 Å². The van der Waals surface area contributed by atoms with Gasteiger partial charge in [-0.15, -0.1) is 10.2 Å². The summed E-state index contributed by atoms with van der Waals surface area (Å²) in [6.07, 6.45) is 6.67. The molecule has 2 aromatic heterocycles. The molecule has 3 N–H and O–H groups in total. The molecule has 1 aliphatic rings. The van der Waals surface area contributed by atoms with Gasteiger partial charge in [0, 0.05) is 17.4 Å². The van der Waals surface area contributed by atoms with Crippen molar-refractivity contribution in [3.63, 3.8) is 0 Å². The predicted octanol–water partition coefficient (Wildman–Crippen LogP) is 4.34. The van der Waals surface area contributed by atoms with Gasteiger partial charge in [0.1, 0.15) is 23.0 Å². The second-order valence-corrected chi connectivity index (χ2v) is 7.89. The number of halogens is 2. The number of nitrogens with zero attached hydrogens (tertiary/aromatic N) is 3. The first-order valence-electron chi connectivity index (χ1n) is 10.4. The smallest absolute Gasteiger partial charge is 0.161 e. The molecule has 0 saturated carbocycles. The highest BCUT2D eigenvalue weighted by Crippen LogP contribution is 2.27. The molecule has 0 amide bonds. The Hall–Kier alpha value is -3.39. The summed E-state index contributed by atoms with van der Waals surface area (Å²) in [5, 5.41) is 19.5. The van der Waals surface area contributed by atoms with Crippen molar-refractivity contribution in [1.29, 1.82) is 0 Å². The Kier molecular flexibility index (Phi) is 5.30. The van der Waals surface area contributed by atoms with E-state index in [1.165, 1.54) is 18.2 Å². The molecule has 6 nitrogen and oxygen atoms in total.